The molecule has 0 spiro atoms. The van der Waals surface area contributed by atoms with Crippen molar-refractivity contribution in [3.05, 3.63) is 58.9 Å². The lowest BCUT2D eigenvalue weighted by Crippen LogP contribution is -2.39. The van der Waals surface area contributed by atoms with Crippen LogP contribution in [0.2, 0.25) is 0 Å². The third-order valence-corrected chi connectivity index (χ3v) is 4.83. The SMILES string of the molecule is CN(C)c1ccc(/C=C2\SC(=O)N(CC(=O)NCc3ccco3)C2=O)cc1. The van der Waals surface area contributed by atoms with Crippen molar-refractivity contribution in [2.75, 3.05) is 25.5 Å². The molecule has 140 valence electrons. The minimum atomic E-state index is -0.463. The Morgan fingerprint density at radius 3 is 2.59 bits per heavy atom. The van der Waals surface area contributed by atoms with Crippen molar-refractivity contribution < 1.29 is 18.8 Å². The first-order valence-corrected chi connectivity index (χ1v) is 9.07. The number of carbonyl (C=O) groups is 3. The zero-order valence-corrected chi connectivity index (χ0v) is 15.8. The van der Waals surface area contributed by atoms with E-state index in [1.165, 1.54) is 6.26 Å². The molecule has 8 heteroatoms. The Labute approximate surface area is 161 Å². The summed E-state index contributed by atoms with van der Waals surface area (Å²) in [6.45, 7) is -0.113. The highest BCUT2D eigenvalue weighted by Crippen LogP contribution is 2.32. The van der Waals surface area contributed by atoms with E-state index in [1.54, 1.807) is 18.2 Å². The van der Waals surface area contributed by atoms with E-state index in [1.807, 2.05) is 43.3 Å². The summed E-state index contributed by atoms with van der Waals surface area (Å²) < 4.78 is 5.12. The fourth-order valence-electron chi connectivity index (χ4n) is 2.45. The van der Waals surface area contributed by atoms with Crippen LogP contribution in [0.5, 0.6) is 0 Å². The van der Waals surface area contributed by atoms with Crippen LogP contribution in [0.25, 0.3) is 6.08 Å². The molecule has 1 aliphatic heterocycles. The molecular weight excluding hydrogens is 366 g/mol. The molecule has 0 bridgehead atoms. The van der Waals surface area contributed by atoms with E-state index in [2.05, 4.69) is 5.32 Å². The number of anilines is 1. The van der Waals surface area contributed by atoms with Gasteiger partial charge < -0.3 is 14.6 Å². The van der Waals surface area contributed by atoms with Gasteiger partial charge in [0.15, 0.2) is 0 Å². The van der Waals surface area contributed by atoms with Crippen LogP contribution in [-0.4, -0.2) is 42.6 Å². The third kappa shape index (κ3) is 4.59. The standard InChI is InChI=1S/C19H19N3O4S/c1-21(2)14-7-5-13(6-8-14)10-16-18(24)22(19(25)27-16)12-17(23)20-11-15-4-3-9-26-15/h3-10H,11-12H2,1-2H3,(H,20,23)/b16-10-. The van der Waals surface area contributed by atoms with Gasteiger partial charge in [0.1, 0.15) is 12.3 Å². The predicted octanol–water partition coefficient (Wildman–Crippen LogP) is 2.70. The highest BCUT2D eigenvalue weighted by atomic mass is 32.2. The predicted molar refractivity (Wildman–Crippen MR) is 104 cm³/mol. The van der Waals surface area contributed by atoms with Gasteiger partial charge in [-0.1, -0.05) is 12.1 Å². The van der Waals surface area contributed by atoms with E-state index in [0.717, 1.165) is 27.9 Å². The summed E-state index contributed by atoms with van der Waals surface area (Å²) in [6, 6.07) is 11.0. The number of hydrogen-bond acceptors (Lipinski definition) is 6. The van der Waals surface area contributed by atoms with Crippen LogP contribution in [-0.2, 0) is 16.1 Å². The van der Waals surface area contributed by atoms with Gasteiger partial charge in [-0.25, -0.2) is 0 Å². The van der Waals surface area contributed by atoms with Gasteiger partial charge in [-0.3, -0.25) is 19.3 Å². The summed E-state index contributed by atoms with van der Waals surface area (Å²) in [7, 11) is 3.88. The number of nitrogens with zero attached hydrogens (tertiary/aromatic N) is 2. The quantitative estimate of drug-likeness (QED) is 0.770. The van der Waals surface area contributed by atoms with Crippen molar-refractivity contribution in [1.82, 2.24) is 10.2 Å². The largest absolute Gasteiger partial charge is 0.467 e. The summed E-state index contributed by atoms with van der Waals surface area (Å²) in [4.78, 5) is 39.8. The smallest absolute Gasteiger partial charge is 0.294 e. The van der Waals surface area contributed by atoms with Crippen LogP contribution in [0.1, 0.15) is 11.3 Å². The average molecular weight is 385 g/mol. The average Bonchev–Trinajstić information content (AvgIpc) is 3.25. The molecule has 1 saturated heterocycles. The molecule has 2 aromatic rings. The third-order valence-electron chi connectivity index (χ3n) is 3.92. The topological polar surface area (TPSA) is 82.9 Å². The first-order chi connectivity index (χ1) is 12.9. The van der Waals surface area contributed by atoms with Crippen LogP contribution >= 0.6 is 11.8 Å². The summed E-state index contributed by atoms with van der Waals surface area (Å²) >= 11 is 0.835. The second kappa shape index (κ2) is 8.13. The van der Waals surface area contributed by atoms with Gasteiger partial charge in [0.05, 0.1) is 17.7 Å². The Hall–Kier alpha value is -3.00. The molecule has 0 atom stereocenters. The fraction of sp³-hybridized carbons (Fsp3) is 0.211. The second-order valence-electron chi connectivity index (χ2n) is 6.11. The van der Waals surface area contributed by atoms with Crippen LogP contribution < -0.4 is 10.2 Å². The number of amides is 3. The number of imide groups is 1. The first-order valence-electron chi connectivity index (χ1n) is 8.26. The van der Waals surface area contributed by atoms with Gasteiger partial charge in [-0.2, -0.15) is 0 Å². The Kier molecular flexibility index (Phi) is 5.66. The molecule has 2 heterocycles. The second-order valence-corrected chi connectivity index (χ2v) is 7.10. The van der Waals surface area contributed by atoms with E-state index in [9.17, 15) is 14.4 Å². The molecule has 1 fully saturated rings. The van der Waals surface area contributed by atoms with E-state index in [-0.39, 0.29) is 13.1 Å². The zero-order chi connectivity index (χ0) is 19.4. The molecule has 1 aromatic heterocycles. The summed E-state index contributed by atoms with van der Waals surface area (Å²) in [6.07, 6.45) is 3.17. The lowest BCUT2D eigenvalue weighted by Gasteiger charge is -2.12. The van der Waals surface area contributed by atoms with Crippen molar-refractivity contribution in [3.8, 4) is 0 Å². The monoisotopic (exact) mass is 385 g/mol. The molecule has 27 heavy (non-hydrogen) atoms. The lowest BCUT2D eigenvalue weighted by atomic mass is 10.2. The van der Waals surface area contributed by atoms with Gasteiger partial charge >= 0.3 is 0 Å². The van der Waals surface area contributed by atoms with Crippen LogP contribution in [0, 0.1) is 0 Å². The van der Waals surface area contributed by atoms with Crippen molar-refractivity contribution in [1.29, 1.82) is 0 Å². The van der Waals surface area contributed by atoms with Gasteiger partial charge in [-0.05, 0) is 47.7 Å². The Morgan fingerprint density at radius 2 is 1.96 bits per heavy atom. The first kappa shape index (κ1) is 18.8. The maximum absolute atomic E-state index is 12.5. The number of nitrogens with one attached hydrogen (secondary N) is 1. The van der Waals surface area contributed by atoms with Crippen LogP contribution in [0.3, 0.4) is 0 Å². The van der Waals surface area contributed by atoms with Gasteiger partial charge in [0.2, 0.25) is 5.91 Å². The molecule has 1 N–H and O–H groups in total. The highest BCUT2D eigenvalue weighted by molar-refractivity contribution is 8.18. The molecule has 0 unspecified atom stereocenters. The zero-order valence-electron chi connectivity index (χ0n) is 15.0. The minimum Gasteiger partial charge on any atom is -0.467 e. The molecule has 0 aliphatic carbocycles. The molecule has 1 aliphatic rings. The summed E-state index contributed by atoms with van der Waals surface area (Å²) in [5.41, 5.74) is 1.85. The van der Waals surface area contributed by atoms with Crippen molar-refractivity contribution >= 4 is 40.6 Å². The number of carbonyl (C=O) groups excluding carboxylic acids is 3. The molecular formula is C19H19N3O4S. The van der Waals surface area contributed by atoms with Gasteiger partial charge in [0, 0.05) is 19.8 Å². The molecule has 7 nitrogen and oxygen atoms in total. The van der Waals surface area contributed by atoms with Crippen molar-refractivity contribution in [3.63, 3.8) is 0 Å². The summed E-state index contributed by atoms with van der Waals surface area (Å²) in [5.74, 6) is -0.293. The van der Waals surface area contributed by atoms with Gasteiger partial charge in [-0.15, -0.1) is 0 Å². The number of benzene rings is 1. The van der Waals surface area contributed by atoms with E-state index >= 15 is 0 Å². The number of thioether (sulfide) groups is 1. The number of hydrogen-bond donors (Lipinski definition) is 1. The maximum atomic E-state index is 12.5. The normalized spacial score (nSPS) is 15.5. The fourth-order valence-corrected chi connectivity index (χ4v) is 3.29. The lowest BCUT2D eigenvalue weighted by molar-refractivity contribution is -0.129. The molecule has 0 saturated carbocycles. The van der Waals surface area contributed by atoms with Crippen LogP contribution in [0.15, 0.2) is 52.0 Å². The molecule has 1 aromatic carbocycles. The van der Waals surface area contributed by atoms with E-state index < -0.39 is 17.1 Å². The molecule has 0 radical (unpaired) electrons. The highest BCUT2D eigenvalue weighted by Gasteiger charge is 2.36. The number of furan rings is 1. The molecule has 3 rings (SSSR count). The van der Waals surface area contributed by atoms with E-state index in [4.69, 9.17) is 4.42 Å². The minimum absolute atomic E-state index is 0.204. The maximum Gasteiger partial charge on any atom is 0.294 e. The van der Waals surface area contributed by atoms with Crippen LogP contribution in [0.4, 0.5) is 10.5 Å². The van der Waals surface area contributed by atoms with Crippen molar-refractivity contribution in [2.45, 2.75) is 6.54 Å². The Balaban J connectivity index is 1.62. The molecule has 3 amide bonds. The van der Waals surface area contributed by atoms with E-state index in [0.29, 0.717) is 10.7 Å². The summed E-state index contributed by atoms with van der Waals surface area (Å²) in [5, 5.41) is 2.17. The number of rotatable bonds is 6. The van der Waals surface area contributed by atoms with Gasteiger partial charge in [0.25, 0.3) is 11.1 Å². The Bertz CT molecular complexity index is 873. The Morgan fingerprint density at radius 1 is 1.22 bits per heavy atom. The van der Waals surface area contributed by atoms with Crippen molar-refractivity contribution in [2.24, 2.45) is 0 Å².